The van der Waals surface area contributed by atoms with E-state index in [-0.39, 0.29) is 6.04 Å². The minimum atomic E-state index is -1.07. The number of ether oxygens (including phenoxy) is 2. The van der Waals surface area contributed by atoms with Crippen molar-refractivity contribution in [1.82, 2.24) is 4.90 Å². The van der Waals surface area contributed by atoms with Crippen molar-refractivity contribution < 1.29 is 19.1 Å². The molecule has 0 saturated carbocycles. The maximum Gasteiger partial charge on any atom is 0.336 e. The lowest BCUT2D eigenvalue weighted by Gasteiger charge is -2.42. The fourth-order valence-electron chi connectivity index (χ4n) is 3.73. The van der Waals surface area contributed by atoms with Crippen LogP contribution in [0.1, 0.15) is 24.8 Å². The molecular weight excluding hydrogens is 342 g/mol. The predicted molar refractivity (Wildman–Crippen MR) is 97.6 cm³/mol. The summed E-state index contributed by atoms with van der Waals surface area (Å²) in [5.74, 6) is 10.8. The molecule has 2 unspecified atom stereocenters. The summed E-state index contributed by atoms with van der Waals surface area (Å²) in [6.07, 6.45) is 4.19. The maximum absolute atomic E-state index is 12.1. The Hall–Kier alpha value is -3.28. The Kier molecular flexibility index (Phi) is 4.32. The summed E-state index contributed by atoms with van der Waals surface area (Å²) >= 11 is 0. The van der Waals surface area contributed by atoms with E-state index in [9.17, 15) is 9.59 Å². The first-order valence-electron chi connectivity index (χ1n) is 8.75. The summed E-state index contributed by atoms with van der Waals surface area (Å²) in [5, 5.41) is 0. The third-order valence-electron chi connectivity index (χ3n) is 5.09. The second-order valence-electron chi connectivity index (χ2n) is 6.64. The van der Waals surface area contributed by atoms with E-state index in [4.69, 9.17) is 9.47 Å². The first-order valence-corrected chi connectivity index (χ1v) is 8.75. The first kappa shape index (κ1) is 17.1. The number of nitrogens with zero attached hydrogens (tertiary/aromatic N) is 1. The van der Waals surface area contributed by atoms with Gasteiger partial charge in [-0.05, 0) is 43.9 Å². The predicted octanol–water partition coefficient (Wildman–Crippen LogP) is 2.15. The number of rotatable bonds is 0. The molecule has 2 bridgehead atoms. The van der Waals surface area contributed by atoms with Crippen molar-refractivity contribution in [1.29, 1.82) is 0 Å². The number of hydrogen-bond acceptors (Lipinski definition) is 5. The molecule has 4 rings (SSSR count). The number of likely N-dealkylation sites (N-methyl/N-ethyl adjacent to an activating group) is 1. The Morgan fingerprint density at radius 3 is 2.63 bits per heavy atom. The topological polar surface area (TPSA) is 55.8 Å². The molecule has 3 aliphatic heterocycles. The molecule has 1 spiro atoms. The summed E-state index contributed by atoms with van der Waals surface area (Å²) in [6.45, 7) is 0. The third-order valence-corrected chi connectivity index (χ3v) is 5.09. The highest BCUT2D eigenvalue weighted by atomic mass is 16.6. The molecule has 0 amide bonds. The highest BCUT2D eigenvalue weighted by Gasteiger charge is 2.56. The molecule has 3 aliphatic rings. The van der Waals surface area contributed by atoms with Crippen LogP contribution < -0.4 is 0 Å². The van der Waals surface area contributed by atoms with E-state index >= 15 is 0 Å². The van der Waals surface area contributed by atoms with Crippen LogP contribution in [0.3, 0.4) is 0 Å². The SMILES string of the molecule is CN1C2CCC13OC(=O)/C=C/C(=O)OC3=C(C#CC#Cc1ccccc1)C2. The lowest BCUT2D eigenvalue weighted by atomic mass is 9.97. The molecular formula is C22H17NO4. The van der Waals surface area contributed by atoms with Gasteiger partial charge in [-0.1, -0.05) is 30.0 Å². The quantitative estimate of drug-likeness (QED) is 0.525. The minimum Gasteiger partial charge on any atom is -0.433 e. The van der Waals surface area contributed by atoms with Crippen LogP contribution in [0, 0.1) is 23.7 Å². The molecule has 1 fully saturated rings. The van der Waals surface area contributed by atoms with Crippen molar-refractivity contribution >= 4 is 11.9 Å². The third kappa shape index (κ3) is 3.14. The highest BCUT2D eigenvalue weighted by Crippen LogP contribution is 2.47. The van der Waals surface area contributed by atoms with Crippen LogP contribution in [-0.4, -0.2) is 35.7 Å². The van der Waals surface area contributed by atoms with Gasteiger partial charge in [0.1, 0.15) is 0 Å². The van der Waals surface area contributed by atoms with Crippen molar-refractivity contribution in [3.05, 3.63) is 59.4 Å². The minimum absolute atomic E-state index is 0.176. The Labute approximate surface area is 157 Å². The smallest absolute Gasteiger partial charge is 0.336 e. The van der Waals surface area contributed by atoms with Crippen LogP contribution in [0.4, 0.5) is 0 Å². The van der Waals surface area contributed by atoms with Gasteiger partial charge in [0.05, 0.1) is 0 Å². The molecule has 0 N–H and O–H groups in total. The van der Waals surface area contributed by atoms with Crippen LogP contribution in [0.5, 0.6) is 0 Å². The van der Waals surface area contributed by atoms with Crippen LogP contribution in [0.25, 0.3) is 0 Å². The van der Waals surface area contributed by atoms with Crippen molar-refractivity contribution in [2.24, 2.45) is 0 Å². The normalized spacial score (nSPS) is 27.7. The van der Waals surface area contributed by atoms with Crippen molar-refractivity contribution in [3.8, 4) is 23.7 Å². The van der Waals surface area contributed by atoms with E-state index < -0.39 is 17.7 Å². The molecule has 5 heteroatoms. The number of benzene rings is 1. The van der Waals surface area contributed by atoms with Crippen molar-refractivity contribution in [2.45, 2.75) is 31.0 Å². The molecule has 27 heavy (non-hydrogen) atoms. The van der Waals surface area contributed by atoms with Gasteiger partial charge in [-0.2, -0.15) is 0 Å². The molecule has 2 atom stereocenters. The summed E-state index contributed by atoms with van der Waals surface area (Å²) in [5.41, 5.74) is 0.465. The Morgan fingerprint density at radius 2 is 1.81 bits per heavy atom. The van der Waals surface area contributed by atoms with Gasteiger partial charge in [-0.3, -0.25) is 4.90 Å². The lowest BCUT2D eigenvalue weighted by molar-refractivity contribution is -0.178. The highest BCUT2D eigenvalue weighted by molar-refractivity contribution is 5.93. The van der Waals surface area contributed by atoms with Gasteiger partial charge >= 0.3 is 11.9 Å². The monoisotopic (exact) mass is 359 g/mol. The fourth-order valence-corrected chi connectivity index (χ4v) is 3.73. The molecule has 134 valence electrons. The lowest BCUT2D eigenvalue weighted by Crippen LogP contribution is -2.53. The molecule has 1 aromatic carbocycles. The van der Waals surface area contributed by atoms with E-state index in [1.165, 1.54) is 0 Å². The second-order valence-corrected chi connectivity index (χ2v) is 6.64. The molecule has 0 aromatic heterocycles. The molecule has 1 aromatic rings. The standard InChI is InChI=1S/C22H17NO4/c1-23-18-13-14-22(23)21(26-19(24)11-12-20(25)27-22)17(15-18)10-6-5-9-16-7-3-2-4-8-16/h2-4,7-8,11-12,18H,13-15H2,1H3/b12-11+. The molecule has 1 saturated heterocycles. The van der Waals surface area contributed by atoms with Gasteiger partial charge in [0.15, 0.2) is 5.76 Å². The second kappa shape index (κ2) is 6.79. The maximum atomic E-state index is 12.1. The van der Waals surface area contributed by atoms with Gasteiger partial charge in [-0.25, -0.2) is 9.59 Å². The van der Waals surface area contributed by atoms with Gasteiger partial charge < -0.3 is 9.47 Å². The van der Waals surface area contributed by atoms with Crippen LogP contribution in [0.2, 0.25) is 0 Å². The van der Waals surface area contributed by atoms with E-state index in [1.54, 1.807) is 0 Å². The summed E-state index contributed by atoms with van der Waals surface area (Å²) in [4.78, 5) is 26.1. The molecule has 3 heterocycles. The van der Waals surface area contributed by atoms with Crippen LogP contribution >= 0.6 is 0 Å². The Bertz CT molecular complexity index is 984. The van der Waals surface area contributed by atoms with Crippen molar-refractivity contribution in [2.75, 3.05) is 7.05 Å². The Morgan fingerprint density at radius 1 is 1.07 bits per heavy atom. The number of esters is 2. The van der Waals surface area contributed by atoms with Gasteiger partial charge in [0, 0.05) is 35.8 Å². The van der Waals surface area contributed by atoms with E-state index in [1.807, 2.05) is 42.3 Å². The number of carbonyl (C=O) groups is 2. The average Bonchev–Trinajstić information content (AvgIpc) is 2.88. The first-order chi connectivity index (χ1) is 13.1. The van der Waals surface area contributed by atoms with Gasteiger partial charge in [0.25, 0.3) is 0 Å². The number of carbonyl (C=O) groups excluding carboxylic acids is 2. The number of fused-ring (bicyclic) bond motifs is 1. The zero-order valence-corrected chi connectivity index (χ0v) is 14.8. The van der Waals surface area contributed by atoms with E-state index in [0.29, 0.717) is 24.2 Å². The van der Waals surface area contributed by atoms with E-state index in [2.05, 4.69) is 23.7 Å². The largest absolute Gasteiger partial charge is 0.433 e. The fraction of sp³-hybridized carbons (Fsp3) is 0.273. The summed E-state index contributed by atoms with van der Waals surface area (Å²) in [6, 6.07) is 9.74. The Balaban J connectivity index is 1.73. The van der Waals surface area contributed by atoms with E-state index in [0.717, 1.165) is 24.1 Å². The average molecular weight is 359 g/mol. The molecule has 0 radical (unpaired) electrons. The molecule has 0 aliphatic carbocycles. The molecule has 5 nitrogen and oxygen atoms in total. The van der Waals surface area contributed by atoms with Crippen LogP contribution in [-0.2, 0) is 19.1 Å². The summed E-state index contributed by atoms with van der Waals surface area (Å²) in [7, 11) is 1.88. The zero-order valence-electron chi connectivity index (χ0n) is 14.8. The van der Waals surface area contributed by atoms with Gasteiger partial charge in [0.2, 0.25) is 5.72 Å². The summed E-state index contributed by atoms with van der Waals surface area (Å²) < 4.78 is 11.2. The zero-order chi connectivity index (χ0) is 18.9. The number of hydrogen-bond donors (Lipinski definition) is 0. The van der Waals surface area contributed by atoms with Crippen molar-refractivity contribution in [3.63, 3.8) is 0 Å². The van der Waals surface area contributed by atoms with Gasteiger partial charge in [-0.15, -0.1) is 0 Å². The van der Waals surface area contributed by atoms with Crippen LogP contribution in [0.15, 0.2) is 53.8 Å².